The Hall–Kier alpha value is -2.51. The Labute approximate surface area is 184 Å². The summed E-state index contributed by atoms with van der Waals surface area (Å²) in [4.78, 5) is 31.4. The van der Waals surface area contributed by atoms with Crippen molar-refractivity contribution in [2.45, 2.75) is 39.4 Å². The molecule has 0 aliphatic rings. The number of hydrogen-bond acceptors (Lipinski definition) is 4. The van der Waals surface area contributed by atoms with Gasteiger partial charge in [0.2, 0.25) is 5.91 Å². The average Bonchev–Trinajstić information content (AvgIpc) is 3.46. The molecule has 1 unspecified atom stereocenters. The van der Waals surface area contributed by atoms with Crippen LogP contribution in [0.2, 0.25) is 0 Å². The van der Waals surface area contributed by atoms with E-state index in [4.69, 9.17) is 0 Å². The fraction of sp³-hybridized carbons (Fsp3) is 0.304. The third kappa shape index (κ3) is 5.77. The zero-order chi connectivity index (χ0) is 21.5. The molecule has 0 saturated carbocycles. The highest BCUT2D eigenvalue weighted by Crippen LogP contribution is 2.19. The van der Waals surface area contributed by atoms with Crippen molar-refractivity contribution in [3.8, 4) is 0 Å². The molecule has 1 aromatic carbocycles. The first-order valence-electron chi connectivity index (χ1n) is 9.87. The molecule has 4 nitrogen and oxygen atoms in total. The lowest BCUT2D eigenvalue weighted by molar-refractivity contribution is -0.133. The van der Waals surface area contributed by atoms with E-state index in [2.05, 4.69) is 0 Å². The zero-order valence-corrected chi connectivity index (χ0v) is 18.7. The first kappa shape index (κ1) is 22.2. The molecular weight excluding hydrogens is 419 g/mol. The summed E-state index contributed by atoms with van der Waals surface area (Å²) >= 11 is 2.96. The Kier molecular flexibility index (Phi) is 7.76. The normalized spacial score (nSPS) is 11.8. The van der Waals surface area contributed by atoms with Gasteiger partial charge in [0.05, 0.1) is 11.4 Å². The minimum absolute atomic E-state index is 0.0122. The predicted molar refractivity (Wildman–Crippen MR) is 120 cm³/mol. The summed E-state index contributed by atoms with van der Waals surface area (Å²) in [7, 11) is 0. The first-order valence-corrected chi connectivity index (χ1v) is 11.6. The van der Waals surface area contributed by atoms with Crippen LogP contribution in [0.25, 0.3) is 0 Å². The molecule has 0 saturated heterocycles. The molecule has 0 bridgehead atoms. The number of thiophene rings is 2. The van der Waals surface area contributed by atoms with Gasteiger partial charge in [-0.2, -0.15) is 0 Å². The van der Waals surface area contributed by atoms with E-state index < -0.39 is 0 Å². The maximum Gasteiger partial charge on any atom is 0.264 e. The van der Waals surface area contributed by atoms with Crippen LogP contribution in [-0.2, 0) is 17.9 Å². The highest BCUT2D eigenvalue weighted by molar-refractivity contribution is 7.12. The van der Waals surface area contributed by atoms with Gasteiger partial charge in [-0.15, -0.1) is 22.7 Å². The van der Waals surface area contributed by atoms with Crippen molar-refractivity contribution in [1.82, 2.24) is 9.80 Å². The molecule has 0 aliphatic carbocycles. The largest absolute Gasteiger partial charge is 0.332 e. The van der Waals surface area contributed by atoms with Crippen LogP contribution in [0.3, 0.4) is 0 Å². The summed E-state index contributed by atoms with van der Waals surface area (Å²) in [6, 6.07) is 13.7. The minimum Gasteiger partial charge on any atom is -0.332 e. The first-order chi connectivity index (χ1) is 14.5. The van der Waals surface area contributed by atoms with Gasteiger partial charge in [-0.3, -0.25) is 9.59 Å². The summed E-state index contributed by atoms with van der Waals surface area (Å²) in [6.07, 6.45) is 0.757. The number of rotatable bonds is 9. The van der Waals surface area contributed by atoms with Crippen LogP contribution >= 0.6 is 22.7 Å². The topological polar surface area (TPSA) is 40.6 Å². The molecule has 0 spiro atoms. The molecule has 7 heteroatoms. The number of carbonyl (C=O) groups is 2. The Morgan fingerprint density at radius 1 is 1.00 bits per heavy atom. The molecule has 2 aromatic heterocycles. The van der Waals surface area contributed by atoms with Gasteiger partial charge >= 0.3 is 0 Å². The molecule has 3 rings (SSSR count). The molecule has 0 fully saturated rings. The summed E-state index contributed by atoms with van der Waals surface area (Å²) in [5, 5.41) is 3.84. The standard InChI is InChI=1S/C23H25FN2O2S2/c1-3-17(2)26(23(28)21-7-5-13-30-21)16-22(27)25(15-20-6-4-12-29-20)14-18-8-10-19(24)11-9-18/h4-13,17H,3,14-16H2,1-2H3. The van der Waals surface area contributed by atoms with Gasteiger partial charge < -0.3 is 9.80 Å². The van der Waals surface area contributed by atoms with Crippen LogP contribution < -0.4 is 0 Å². The predicted octanol–water partition coefficient (Wildman–Crippen LogP) is 5.42. The number of benzene rings is 1. The Morgan fingerprint density at radius 2 is 1.70 bits per heavy atom. The van der Waals surface area contributed by atoms with E-state index in [-0.39, 0.29) is 30.2 Å². The molecule has 2 amide bonds. The van der Waals surface area contributed by atoms with Crippen LogP contribution in [-0.4, -0.2) is 34.2 Å². The second kappa shape index (κ2) is 10.5. The fourth-order valence-electron chi connectivity index (χ4n) is 3.07. The van der Waals surface area contributed by atoms with E-state index >= 15 is 0 Å². The third-order valence-corrected chi connectivity index (χ3v) is 6.71. The number of nitrogens with zero attached hydrogens (tertiary/aromatic N) is 2. The van der Waals surface area contributed by atoms with Gasteiger partial charge in [0, 0.05) is 17.5 Å². The lowest BCUT2D eigenvalue weighted by Gasteiger charge is -2.31. The van der Waals surface area contributed by atoms with Crippen LogP contribution in [0.4, 0.5) is 4.39 Å². The minimum atomic E-state index is -0.306. The van der Waals surface area contributed by atoms with Gasteiger partial charge in [-0.05, 0) is 53.9 Å². The Morgan fingerprint density at radius 3 is 2.30 bits per heavy atom. The van der Waals surface area contributed by atoms with E-state index in [1.165, 1.54) is 23.5 Å². The van der Waals surface area contributed by atoms with E-state index in [9.17, 15) is 14.0 Å². The molecule has 0 aliphatic heterocycles. The van der Waals surface area contributed by atoms with E-state index in [0.29, 0.717) is 18.0 Å². The summed E-state index contributed by atoms with van der Waals surface area (Å²) in [5.41, 5.74) is 0.848. The van der Waals surface area contributed by atoms with Crippen LogP contribution in [0, 0.1) is 5.82 Å². The molecule has 3 aromatic rings. The summed E-state index contributed by atoms with van der Waals surface area (Å²) < 4.78 is 13.3. The molecule has 30 heavy (non-hydrogen) atoms. The Bertz CT molecular complexity index is 940. The van der Waals surface area contributed by atoms with Crippen molar-refractivity contribution >= 4 is 34.5 Å². The van der Waals surface area contributed by atoms with Gasteiger partial charge in [0.25, 0.3) is 5.91 Å². The van der Waals surface area contributed by atoms with Gasteiger partial charge in [0.1, 0.15) is 12.4 Å². The highest BCUT2D eigenvalue weighted by Gasteiger charge is 2.26. The maximum atomic E-state index is 13.3. The molecule has 1 atom stereocenters. The molecule has 0 N–H and O–H groups in total. The number of halogens is 1. The SMILES string of the molecule is CCC(C)N(CC(=O)N(Cc1ccc(F)cc1)Cc1cccs1)C(=O)c1cccs1. The monoisotopic (exact) mass is 444 g/mol. The van der Waals surface area contributed by atoms with Gasteiger partial charge in [0.15, 0.2) is 0 Å². The lowest BCUT2D eigenvalue weighted by atomic mass is 10.2. The van der Waals surface area contributed by atoms with Crippen molar-refractivity contribution in [2.24, 2.45) is 0 Å². The van der Waals surface area contributed by atoms with Crippen molar-refractivity contribution in [3.63, 3.8) is 0 Å². The van der Waals surface area contributed by atoms with Crippen molar-refractivity contribution < 1.29 is 14.0 Å². The van der Waals surface area contributed by atoms with Crippen molar-refractivity contribution in [2.75, 3.05) is 6.54 Å². The van der Waals surface area contributed by atoms with Crippen LogP contribution in [0.15, 0.2) is 59.3 Å². The van der Waals surface area contributed by atoms with Gasteiger partial charge in [-0.25, -0.2) is 4.39 Å². The van der Waals surface area contributed by atoms with E-state index in [1.54, 1.807) is 39.3 Å². The Balaban J connectivity index is 1.80. The molecule has 0 radical (unpaired) electrons. The number of amides is 2. The summed E-state index contributed by atoms with van der Waals surface area (Å²) in [6.45, 7) is 4.79. The summed E-state index contributed by atoms with van der Waals surface area (Å²) in [5.74, 6) is -0.553. The molecule has 2 heterocycles. The van der Waals surface area contributed by atoms with E-state index in [0.717, 1.165) is 16.9 Å². The number of carbonyl (C=O) groups excluding carboxylic acids is 2. The van der Waals surface area contributed by atoms with Crippen LogP contribution in [0.1, 0.15) is 40.4 Å². The van der Waals surface area contributed by atoms with Gasteiger partial charge in [-0.1, -0.05) is 31.2 Å². The fourth-order valence-corrected chi connectivity index (χ4v) is 4.47. The second-order valence-corrected chi connectivity index (χ2v) is 9.10. The maximum absolute atomic E-state index is 13.3. The highest BCUT2D eigenvalue weighted by atomic mass is 32.1. The average molecular weight is 445 g/mol. The quantitative estimate of drug-likeness (QED) is 0.442. The third-order valence-electron chi connectivity index (χ3n) is 4.99. The lowest BCUT2D eigenvalue weighted by Crippen LogP contribution is -2.46. The zero-order valence-electron chi connectivity index (χ0n) is 17.1. The molecular formula is C23H25FN2O2S2. The number of hydrogen-bond donors (Lipinski definition) is 0. The van der Waals surface area contributed by atoms with Crippen molar-refractivity contribution in [3.05, 3.63) is 80.4 Å². The van der Waals surface area contributed by atoms with Crippen LogP contribution in [0.5, 0.6) is 0 Å². The second-order valence-electron chi connectivity index (χ2n) is 7.12. The smallest absolute Gasteiger partial charge is 0.264 e. The van der Waals surface area contributed by atoms with E-state index in [1.807, 2.05) is 42.8 Å². The van der Waals surface area contributed by atoms with Crippen molar-refractivity contribution in [1.29, 1.82) is 0 Å². The molecule has 158 valence electrons.